The molecule has 0 atom stereocenters. The van der Waals surface area contributed by atoms with Crippen LogP contribution in [0.1, 0.15) is 51.0 Å². The number of aromatic nitrogens is 2. The fourth-order valence-corrected chi connectivity index (χ4v) is 3.32. The van der Waals surface area contributed by atoms with Crippen LogP contribution in [0.25, 0.3) is 11.0 Å². The highest BCUT2D eigenvalue weighted by molar-refractivity contribution is 5.86. The Bertz CT molecular complexity index is 931. The molecule has 0 aliphatic heterocycles. The van der Waals surface area contributed by atoms with E-state index in [1.165, 1.54) is 32.1 Å². The van der Waals surface area contributed by atoms with Crippen LogP contribution in [0.5, 0.6) is 11.5 Å². The number of phenolic OH excluding ortho intramolecular Hbond substituents is 1. The third-order valence-electron chi connectivity index (χ3n) is 4.92. The van der Waals surface area contributed by atoms with Crippen molar-refractivity contribution in [3.63, 3.8) is 0 Å². The number of aryl methyl sites for hydroxylation is 1. The van der Waals surface area contributed by atoms with Crippen LogP contribution in [-0.2, 0) is 6.54 Å². The summed E-state index contributed by atoms with van der Waals surface area (Å²) in [6.45, 7) is 3.13. The van der Waals surface area contributed by atoms with E-state index in [1.807, 2.05) is 18.2 Å². The maximum atomic E-state index is 10.1. The summed E-state index contributed by atoms with van der Waals surface area (Å²) in [6.07, 6.45) is 9.13. The first-order chi connectivity index (χ1) is 13.7. The molecular weight excluding hydrogens is 350 g/mol. The van der Waals surface area contributed by atoms with E-state index >= 15 is 0 Å². The fourth-order valence-electron chi connectivity index (χ4n) is 3.32. The van der Waals surface area contributed by atoms with Gasteiger partial charge in [0.2, 0.25) is 5.95 Å². The van der Waals surface area contributed by atoms with E-state index in [1.54, 1.807) is 31.5 Å². The van der Waals surface area contributed by atoms with Gasteiger partial charge >= 0.3 is 0 Å². The minimum atomic E-state index is 0.170. The molecule has 5 nitrogen and oxygen atoms in total. The Morgan fingerprint density at radius 3 is 2.68 bits per heavy atom. The van der Waals surface area contributed by atoms with Gasteiger partial charge in [0.25, 0.3) is 0 Å². The molecule has 1 heterocycles. The zero-order valence-corrected chi connectivity index (χ0v) is 16.8. The number of imidazole rings is 1. The van der Waals surface area contributed by atoms with Gasteiger partial charge in [-0.15, -0.1) is 0 Å². The van der Waals surface area contributed by atoms with Gasteiger partial charge in [-0.25, -0.2) is 9.98 Å². The Kier molecular flexibility index (Phi) is 7.06. The van der Waals surface area contributed by atoms with Gasteiger partial charge in [0.1, 0.15) is 11.5 Å². The van der Waals surface area contributed by atoms with Crippen LogP contribution >= 0.6 is 0 Å². The zero-order valence-electron chi connectivity index (χ0n) is 16.8. The summed E-state index contributed by atoms with van der Waals surface area (Å²) >= 11 is 0. The number of aromatic hydroxyl groups is 1. The van der Waals surface area contributed by atoms with Gasteiger partial charge in [-0.1, -0.05) is 51.2 Å². The summed E-state index contributed by atoms with van der Waals surface area (Å²) in [5, 5.41) is 10.1. The van der Waals surface area contributed by atoms with Crippen LogP contribution in [0.2, 0.25) is 0 Å². The molecule has 0 aliphatic carbocycles. The number of phenols is 1. The average Bonchev–Trinajstić information content (AvgIpc) is 3.07. The summed E-state index contributed by atoms with van der Waals surface area (Å²) in [5.41, 5.74) is 2.64. The van der Waals surface area contributed by atoms with E-state index in [9.17, 15) is 5.11 Å². The van der Waals surface area contributed by atoms with E-state index in [4.69, 9.17) is 4.74 Å². The fraction of sp³-hybridized carbons (Fsp3) is 0.391. The molecule has 3 rings (SSSR count). The van der Waals surface area contributed by atoms with Gasteiger partial charge in [0.05, 0.1) is 18.1 Å². The molecule has 0 saturated carbocycles. The maximum Gasteiger partial charge on any atom is 0.230 e. The predicted molar refractivity (Wildman–Crippen MR) is 115 cm³/mol. The van der Waals surface area contributed by atoms with E-state index in [-0.39, 0.29) is 5.75 Å². The van der Waals surface area contributed by atoms with Gasteiger partial charge in [0.15, 0.2) is 0 Å². The Morgan fingerprint density at radius 2 is 1.86 bits per heavy atom. The van der Waals surface area contributed by atoms with Crippen molar-refractivity contribution in [2.75, 3.05) is 7.11 Å². The third kappa shape index (κ3) is 4.91. The monoisotopic (exact) mass is 379 g/mol. The highest BCUT2D eigenvalue weighted by Crippen LogP contribution is 2.25. The molecule has 5 heteroatoms. The molecule has 0 saturated heterocycles. The molecule has 0 unspecified atom stereocenters. The van der Waals surface area contributed by atoms with E-state index < -0.39 is 0 Å². The third-order valence-corrected chi connectivity index (χ3v) is 4.92. The number of fused-ring (bicyclic) bond motifs is 1. The second kappa shape index (κ2) is 9.93. The SMILES string of the molecule is CCCCCCCCn1c(/N=C/c2cc(OC)ccc2O)nc2ccccc21. The molecule has 1 N–H and O–H groups in total. The summed E-state index contributed by atoms with van der Waals surface area (Å²) in [7, 11) is 1.60. The van der Waals surface area contributed by atoms with E-state index in [0.717, 1.165) is 24.0 Å². The summed E-state index contributed by atoms with van der Waals surface area (Å²) in [6, 6.07) is 13.2. The molecule has 2 aromatic carbocycles. The lowest BCUT2D eigenvalue weighted by Crippen LogP contribution is -1.98. The molecular formula is C23H29N3O2. The number of ether oxygens (including phenoxy) is 1. The lowest BCUT2D eigenvalue weighted by molar-refractivity contribution is 0.412. The van der Waals surface area contributed by atoms with Gasteiger partial charge in [-0.3, -0.25) is 0 Å². The van der Waals surface area contributed by atoms with Crippen molar-refractivity contribution in [1.29, 1.82) is 0 Å². The molecule has 148 valence electrons. The van der Waals surface area contributed by atoms with Crippen LogP contribution in [0, 0.1) is 0 Å². The van der Waals surface area contributed by atoms with Crippen molar-refractivity contribution < 1.29 is 9.84 Å². The maximum absolute atomic E-state index is 10.1. The van der Waals surface area contributed by atoms with Gasteiger partial charge in [0, 0.05) is 18.3 Å². The molecule has 0 spiro atoms. The summed E-state index contributed by atoms with van der Waals surface area (Å²) in [5.74, 6) is 1.51. The molecule has 28 heavy (non-hydrogen) atoms. The first-order valence-electron chi connectivity index (χ1n) is 10.1. The number of hydrogen-bond donors (Lipinski definition) is 1. The molecule has 0 fully saturated rings. The minimum absolute atomic E-state index is 0.170. The largest absolute Gasteiger partial charge is 0.507 e. The van der Waals surface area contributed by atoms with Gasteiger partial charge < -0.3 is 14.4 Å². The standard InChI is InChI=1S/C23H29N3O2/c1-3-4-5-6-7-10-15-26-21-12-9-8-11-20(21)25-23(26)24-17-18-16-19(28-2)13-14-22(18)27/h8-9,11-14,16-17,27H,3-7,10,15H2,1-2H3/b24-17+. The second-order valence-electron chi connectivity index (χ2n) is 7.00. The van der Waals surface area contributed by atoms with Crippen molar-refractivity contribution >= 4 is 23.2 Å². The van der Waals surface area contributed by atoms with Crippen molar-refractivity contribution in [2.45, 2.75) is 52.0 Å². The molecule has 0 radical (unpaired) electrons. The van der Waals surface area contributed by atoms with Crippen molar-refractivity contribution in [3.05, 3.63) is 48.0 Å². The lowest BCUT2D eigenvalue weighted by atomic mass is 10.1. The summed E-state index contributed by atoms with van der Waals surface area (Å²) < 4.78 is 7.40. The summed E-state index contributed by atoms with van der Waals surface area (Å²) in [4.78, 5) is 9.27. The van der Waals surface area contributed by atoms with E-state index in [0.29, 0.717) is 17.3 Å². The first kappa shape index (κ1) is 19.9. The number of unbranched alkanes of at least 4 members (excludes halogenated alkanes) is 5. The normalized spacial score (nSPS) is 11.5. The van der Waals surface area contributed by atoms with Crippen LogP contribution < -0.4 is 4.74 Å². The number of methoxy groups -OCH3 is 1. The van der Waals surface area contributed by atoms with Crippen molar-refractivity contribution in [2.24, 2.45) is 4.99 Å². The van der Waals surface area contributed by atoms with Gasteiger partial charge in [-0.05, 0) is 36.8 Å². The Balaban J connectivity index is 1.80. The molecule has 0 bridgehead atoms. The van der Waals surface area contributed by atoms with Crippen molar-refractivity contribution in [3.8, 4) is 11.5 Å². The number of para-hydroxylation sites is 2. The second-order valence-corrected chi connectivity index (χ2v) is 7.00. The quantitative estimate of drug-likeness (QED) is 0.354. The van der Waals surface area contributed by atoms with Crippen LogP contribution in [-0.4, -0.2) is 28.0 Å². The smallest absolute Gasteiger partial charge is 0.230 e. The van der Waals surface area contributed by atoms with Crippen LogP contribution in [0.3, 0.4) is 0 Å². The highest BCUT2D eigenvalue weighted by atomic mass is 16.5. The molecule has 1 aromatic heterocycles. The number of benzene rings is 2. The minimum Gasteiger partial charge on any atom is -0.507 e. The number of hydrogen-bond acceptors (Lipinski definition) is 4. The van der Waals surface area contributed by atoms with E-state index in [2.05, 4.69) is 27.5 Å². The number of rotatable bonds is 10. The van der Waals surface area contributed by atoms with Gasteiger partial charge in [-0.2, -0.15) is 0 Å². The van der Waals surface area contributed by atoms with Crippen LogP contribution in [0.15, 0.2) is 47.5 Å². The van der Waals surface area contributed by atoms with Crippen molar-refractivity contribution in [1.82, 2.24) is 9.55 Å². The Hall–Kier alpha value is -2.82. The Morgan fingerprint density at radius 1 is 1.07 bits per heavy atom. The topological polar surface area (TPSA) is 59.6 Å². The first-order valence-corrected chi connectivity index (χ1v) is 10.1. The Labute approximate surface area is 166 Å². The lowest BCUT2D eigenvalue weighted by Gasteiger charge is -2.07. The average molecular weight is 380 g/mol. The number of aliphatic imine (C=N–C) groups is 1. The molecule has 3 aromatic rings. The number of nitrogens with zero attached hydrogens (tertiary/aromatic N) is 3. The highest BCUT2D eigenvalue weighted by Gasteiger charge is 2.09. The zero-order chi connectivity index (χ0) is 19.8. The predicted octanol–water partition coefficient (Wildman–Crippen LogP) is 5.86. The molecule has 0 aliphatic rings. The molecule has 0 amide bonds. The van der Waals surface area contributed by atoms with Crippen LogP contribution in [0.4, 0.5) is 5.95 Å².